The highest BCUT2D eigenvalue weighted by Gasteiger charge is 2.34. The first-order chi connectivity index (χ1) is 7.31. The predicted octanol–water partition coefficient (Wildman–Crippen LogP) is 1.82. The van der Waals surface area contributed by atoms with E-state index in [1.54, 1.807) is 13.8 Å². The van der Waals surface area contributed by atoms with Crippen LogP contribution in [0.2, 0.25) is 0 Å². The van der Waals surface area contributed by atoms with Gasteiger partial charge in [-0.2, -0.15) is 13.2 Å². The van der Waals surface area contributed by atoms with Crippen molar-refractivity contribution in [2.75, 3.05) is 13.1 Å². The van der Waals surface area contributed by atoms with Crippen LogP contribution in [-0.2, 0) is 4.79 Å². The smallest absolute Gasteiger partial charge is 0.355 e. The molecule has 0 aromatic carbocycles. The molecule has 6 heteroatoms. The number of carbonyl (C=O) groups is 1. The minimum Gasteiger partial charge on any atom is -0.355 e. The number of hydrogen-bond donors (Lipinski definition) is 2. The zero-order valence-corrected chi connectivity index (χ0v) is 9.66. The van der Waals surface area contributed by atoms with Crippen LogP contribution >= 0.6 is 0 Å². The molecule has 0 aromatic heterocycles. The summed E-state index contributed by atoms with van der Waals surface area (Å²) in [7, 11) is 0. The largest absolute Gasteiger partial charge is 0.390 e. The Balaban J connectivity index is 4.23. The fourth-order valence-corrected chi connectivity index (χ4v) is 1.46. The molecule has 0 spiro atoms. The second-order valence-electron chi connectivity index (χ2n) is 3.81. The van der Waals surface area contributed by atoms with E-state index in [9.17, 15) is 18.0 Å². The van der Waals surface area contributed by atoms with Crippen molar-refractivity contribution in [3.8, 4) is 0 Å². The van der Waals surface area contributed by atoms with Crippen molar-refractivity contribution in [1.82, 2.24) is 5.32 Å². The van der Waals surface area contributed by atoms with Crippen molar-refractivity contribution in [1.29, 1.82) is 0 Å². The maximum atomic E-state index is 11.9. The molecule has 0 aromatic rings. The highest BCUT2D eigenvalue weighted by atomic mass is 19.4. The molecular formula is C10H19F3N2O. The van der Waals surface area contributed by atoms with E-state index < -0.39 is 18.0 Å². The number of hydrogen-bond acceptors (Lipinski definition) is 2. The average molecular weight is 240 g/mol. The van der Waals surface area contributed by atoms with Crippen LogP contribution in [0, 0.1) is 5.41 Å². The molecule has 0 fully saturated rings. The highest BCUT2D eigenvalue weighted by Crippen LogP contribution is 2.25. The van der Waals surface area contributed by atoms with Crippen LogP contribution in [0.4, 0.5) is 13.2 Å². The second-order valence-corrected chi connectivity index (χ2v) is 3.81. The molecular weight excluding hydrogens is 221 g/mol. The summed E-state index contributed by atoms with van der Waals surface area (Å²) < 4.78 is 35.6. The molecule has 0 aliphatic rings. The van der Waals surface area contributed by atoms with Crippen molar-refractivity contribution >= 4 is 5.91 Å². The van der Waals surface area contributed by atoms with Crippen molar-refractivity contribution in [3.63, 3.8) is 0 Å². The van der Waals surface area contributed by atoms with Gasteiger partial charge in [0.25, 0.3) is 0 Å². The lowest BCUT2D eigenvalue weighted by atomic mass is 9.81. The van der Waals surface area contributed by atoms with Gasteiger partial charge in [0.15, 0.2) is 0 Å². The summed E-state index contributed by atoms with van der Waals surface area (Å²) in [5.74, 6) is -0.385. The molecule has 0 radical (unpaired) electrons. The molecule has 0 heterocycles. The van der Waals surface area contributed by atoms with Crippen LogP contribution in [-0.4, -0.2) is 25.2 Å². The number of carbonyl (C=O) groups excluding carboxylic acids is 1. The van der Waals surface area contributed by atoms with E-state index in [1.165, 1.54) is 0 Å². The first kappa shape index (κ1) is 15.2. The van der Waals surface area contributed by atoms with Crippen LogP contribution in [0.25, 0.3) is 0 Å². The van der Waals surface area contributed by atoms with Gasteiger partial charge in [-0.25, -0.2) is 0 Å². The Hall–Kier alpha value is -0.780. The quantitative estimate of drug-likeness (QED) is 0.744. The van der Waals surface area contributed by atoms with Crippen LogP contribution in [0.5, 0.6) is 0 Å². The molecule has 3 N–H and O–H groups in total. The summed E-state index contributed by atoms with van der Waals surface area (Å²) in [5.41, 5.74) is 4.77. The first-order valence-electron chi connectivity index (χ1n) is 5.36. The minimum absolute atomic E-state index is 0.151. The van der Waals surface area contributed by atoms with Crippen molar-refractivity contribution in [3.05, 3.63) is 0 Å². The zero-order chi connectivity index (χ0) is 12.8. The fraction of sp³-hybridized carbons (Fsp3) is 0.900. The Morgan fingerprint density at radius 1 is 1.25 bits per heavy atom. The number of alkyl halides is 3. The van der Waals surface area contributed by atoms with Gasteiger partial charge < -0.3 is 11.1 Å². The topological polar surface area (TPSA) is 55.1 Å². The summed E-state index contributed by atoms with van der Waals surface area (Å²) in [4.78, 5) is 11.7. The lowest BCUT2D eigenvalue weighted by Crippen LogP contribution is -2.46. The van der Waals surface area contributed by atoms with E-state index in [0.29, 0.717) is 12.8 Å². The standard InChI is InChI=1S/C10H19F3N2O/c1-3-9(4-2,7-14)8(16)15-6-5-10(11,12)13/h3-7,14H2,1-2H3,(H,15,16). The van der Waals surface area contributed by atoms with Gasteiger partial charge in [-0.1, -0.05) is 13.8 Å². The Bertz CT molecular complexity index is 216. The molecule has 0 bridgehead atoms. The van der Waals surface area contributed by atoms with Gasteiger partial charge in [0.1, 0.15) is 0 Å². The summed E-state index contributed by atoms with van der Waals surface area (Å²) >= 11 is 0. The number of halogens is 3. The van der Waals surface area contributed by atoms with Gasteiger partial charge in [0.05, 0.1) is 11.8 Å². The van der Waals surface area contributed by atoms with Gasteiger partial charge >= 0.3 is 6.18 Å². The summed E-state index contributed by atoms with van der Waals surface area (Å²) in [5, 5.41) is 2.29. The third kappa shape index (κ3) is 4.38. The molecule has 0 saturated carbocycles. The molecule has 3 nitrogen and oxygen atoms in total. The highest BCUT2D eigenvalue weighted by molar-refractivity contribution is 5.82. The van der Waals surface area contributed by atoms with E-state index in [-0.39, 0.29) is 19.0 Å². The SMILES string of the molecule is CCC(CC)(CN)C(=O)NCCC(F)(F)F. The number of amides is 1. The third-order valence-electron chi connectivity index (χ3n) is 2.92. The van der Waals surface area contributed by atoms with Crippen LogP contribution < -0.4 is 11.1 Å². The number of rotatable bonds is 6. The maximum absolute atomic E-state index is 11.9. The van der Waals surface area contributed by atoms with Crippen LogP contribution in [0.15, 0.2) is 0 Å². The van der Waals surface area contributed by atoms with Crippen molar-refractivity contribution < 1.29 is 18.0 Å². The van der Waals surface area contributed by atoms with Gasteiger partial charge in [0, 0.05) is 13.1 Å². The van der Waals surface area contributed by atoms with Crippen LogP contribution in [0.1, 0.15) is 33.1 Å². The number of nitrogens with one attached hydrogen (secondary N) is 1. The van der Waals surface area contributed by atoms with Crippen LogP contribution in [0.3, 0.4) is 0 Å². The van der Waals surface area contributed by atoms with Crippen molar-refractivity contribution in [2.24, 2.45) is 11.1 Å². The molecule has 1 amide bonds. The molecule has 0 rings (SSSR count). The normalized spacial score (nSPS) is 12.6. The van der Waals surface area contributed by atoms with Gasteiger partial charge in [-0.15, -0.1) is 0 Å². The Morgan fingerprint density at radius 3 is 2.06 bits per heavy atom. The number of nitrogens with two attached hydrogens (primary N) is 1. The first-order valence-corrected chi connectivity index (χ1v) is 5.36. The fourth-order valence-electron chi connectivity index (χ4n) is 1.46. The van der Waals surface area contributed by atoms with Gasteiger partial charge in [-0.05, 0) is 12.8 Å². The molecule has 0 aliphatic heterocycles. The van der Waals surface area contributed by atoms with Gasteiger partial charge in [0.2, 0.25) is 5.91 Å². The predicted molar refractivity (Wildman–Crippen MR) is 55.8 cm³/mol. The van der Waals surface area contributed by atoms with E-state index in [0.717, 1.165) is 0 Å². The monoisotopic (exact) mass is 240 g/mol. The lowest BCUT2D eigenvalue weighted by Gasteiger charge is -2.28. The van der Waals surface area contributed by atoms with E-state index in [2.05, 4.69) is 5.32 Å². The third-order valence-corrected chi connectivity index (χ3v) is 2.92. The molecule has 0 atom stereocenters. The van der Waals surface area contributed by atoms with E-state index in [1.807, 2.05) is 0 Å². The van der Waals surface area contributed by atoms with Gasteiger partial charge in [-0.3, -0.25) is 4.79 Å². The lowest BCUT2D eigenvalue weighted by molar-refractivity contribution is -0.138. The molecule has 16 heavy (non-hydrogen) atoms. The summed E-state index contributed by atoms with van der Waals surface area (Å²) in [6.07, 6.45) is -4.19. The molecule has 0 saturated heterocycles. The molecule has 0 unspecified atom stereocenters. The van der Waals surface area contributed by atoms with E-state index in [4.69, 9.17) is 5.73 Å². The Kier molecular flexibility index (Phi) is 5.78. The molecule has 96 valence electrons. The zero-order valence-electron chi connectivity index (χ0n) is 9.66. The maximum Gasteiger partial charge on any atom is 0.390 e. The summed E-state index contributed by atoms with van der Waals surface area (Å²) in [6, 6.07) is 0. The Morgan fingerprint density at radius 2 is 1.75 bits per heavy atom. The Labute approximate surface area is 93.6 Å². The minimum atomic E-state index is -4.24. The average Bonchev–Trinajstić information content (AvgIpc) is 2.19. The van der Waals surface area contributed by atoms with E-state index >= 15 is 0 Å². The molecule has 0 aliphatic carbocycles. The van der Waals surface area contributed by atoms with Crippen molar-refractivity contribution in [2.45, 2.75) is 39.3 Å². The second kappa shape index (κ2) is 6.08. The summed E-state index contributed by atoms with van der Waals surface area (Å²) in [6.45, 7) is 3.38.